The molecular formula is C23H23NO6. The Labute approximate surface area is 173 Å². The van der Waals surface area contributed by atoms with Crippen LogP contribution in [0.2, 0.25) is 0 Å². The van der Waals surface area contributed by atoms with Gasteiger partial charge >= 0.3 is 5.63 Å². The number of likely N-dealkylation sites (tertiary alicyclic amines) is 1. The molecule has 1 aliphatic rings. The second-order valence-corrected chi connectivity index (χ2v) is 7.15. The van der Waals surface area contributed by atoms with Crippen molar-refractivity contribution >= 4 is 16.9 Å². The molecule has 2 aromatic carbocycles. The summed E-state index contributed by atoms with van der Waals surface area (Å²) < 4.78 is 21.7. The van der Waals surface area contributed by atoms with Gasteiger partial charge in [-0.3, -0.25) is 4.79 Å². The third-order valence-electron chi connectivity index (χ3n) is 5.37. The van der Waals surface area contributed by atoms with Crippen molar-refractivity contribution in [2.75, 3.05) is 33.9 Å². The molecule has 0 radical (unpaired) electrons. The van der Waals surface area contributed by atoms with Crippen molar-refractivity contribution in [2.45, 2.75) is 12.3 Å². The molecule has 0 bridgehead atoms. The summed E-state index contributed by atoms with van der Waals surface area (Å²) in [6, 6.07) is 14.0. The van der Waals surface area contributed by atoms with Crippen LogP contribution >= 0.6 is 0 Å². The molecule has 1 fully saturated rings. The largest absolute Gasteiger partial charge is 0.493 e. The molecule has 30 heavy (non-hydrogen) atoms. The van der Waals surface area contributed by atoms with Gasteiger partial charge in [0.25, 0.3) is 5.91 Å². The Morgan fingerprint density at radius 1 is 1.13 bits per heavy atom. The van der Waals surface area contributed by atoms with Gasteiger partial charge in [0.15, 0.2) is 18.1 Å². The fraction of sp³-hybridized carbons (Fsp3) is 0.304. The normalized spacial score (nSPS) is 15.9. The molecule has 7 heteroatoms. The number of carbonyl (C=O) groups excluding carboxylic acids is 1. The summed E-state index contributed by atoms with van der Waals surface area (Å²) in [5.41, 5.74) is 1.04. The van der Waals surface area contributed by atoms with Crippen LogP contribution in [0.5, 0.6) is 17.2 Å². The van der Waals surface area contributed by atoms with Crippen LogP contribution in [0.4, 0.5) is 0 Å². The zero-order valence-electron chi connectivity index (χ0n) is 16.9. The first-order valence-corrected chi connectivity index (χ1v) is 9.74. The molecule has 1 aromatic heterocycles. The number of hydrogen-bond donors (Lipinski definition) is 0. The predicted octanol–water partition coefficient (Wildman–Crippen LogP) is 3.21. The van der Waals surface area contributed by atoms with Crippen molar-refractivity contribution in [1.29, 1.82) is 0 Å². The van der Waals surface area contributed by atoms with Crippen molar-refractivity contribution in [3.63, 3.8) is 0 Å². The molecule has 1 unspecified atom stereocenters. The Bertz CT molecular complexity index is 1120. The number of fused-ring (bicyclic) bond motifs is 1. The van der Waals surface area contributed by atoms with E-state index in [0.29, 0.717) is 35.9 Å². The molecule has 0 aliphatic carbocycles. The van der Waals surface area contributed by atoms with Crippen LogP contribution in [0.15, 0.2) is 57.7 Å². The smallest absolute Gasteiger partial charge is 0.336 e. The van der Waals surface area contributed by atoms with E-state index in [1.54, 1.807) is 43.4 Å². The number of benzene rings is 2. The molecule has 4 rings (SSSR count). The van der Waals surface area contributed by atoms with Crippen LogP contribution in [0.3, 0.4) is 0 Å². The van der Waals surface area contributed by atoms with Crippen LogP contribution in [0, 0.1) is 0 Å². The van der Waals surface area contributed by atoms with Gasteiger partial charge in [0.05, 0.1) is 14.2 Å². The zero-order chi connectivity index (χ0) is 21.1. The van der Waals surface area contributed by atoms with Gasteiger partial charge in [-0.15, -0.1) is 0 Å². The van der Waals surface area contributed by atoms with Gasteiger partial charge in [0.2, 0.25) is 0 Å². The molecule has 0 N–H and O–H groups in total. The van der Waals surface area contributed by atoms with E-state index in [-0.39, 0.29) is 18.4 Å². The molecule has 0 saturated carbocycles. The van der Waals surface area contributed by atoms with Gasteiger partial charge in [-0.25, -0.2) is 4.79 Å². The van der Waals surface area contributed by atoms with E-state index in [1.165, 1.54) is 6.07 Å². The third kappa shape index (κ3) is 3.96. The van der Waals surface area contributed by atoms with Crippen LogP contribution in [0.1, 0.15) is 17.9 Å². The molecule has 3 aromatic rings. The highest BCUT2D eigenvalue weighted by molar-refractivity contribution is 5.79. The van der Waals surface area contributed by atoms with Gasteiger partial charge in [0, 0.05) is 42.1 Å². The molecule has 7 nitrogen and oxygen atoms in total. The molecule has 156 valence electrons. The molecule has 1 aliphatic heterocycles. The first kappa shape index (κ1) is 19.8. The quantitative estimate of drug-likeness (QED) is 0.582. The van der Waals surface area contributed by atoms with Gasteiger partial charge in [0.1, 0.15) is 11.3 Å². The first-order chi connectivity index (χ1) is 14.6. The lowest BCUT2D eigenvalue weighted by atomic mass is 9.97. The van der Waals surface area contributed by atoms with E-state index in [1.807, 2.05) is 18.2 Å². The number of para-hydroxylation sites is 1. The highest BCUT2D eigenvalue weighted by atomic mass is 16.5. The summed E-state index contributed by atoms with van der Waals surface area (Å²) in [5, 5.41) is 0.794. The summed E-state index contributed by atoms with van der Waals surface area (Å²) in [7, 11) is 3.24. The summed E-state index contributed by atoms with van der Waals surface area (Å²) in [6.07, 6.45) is 0.844. The Morgan fingerprint density at radius 2 is 1.97 bits per heavy atom. The monoisotopic (exact) mass is 409 g/mol. The van der Waals surface area contributed by atoms with E-state index in [2.05, 4.69) is 0 Å². The van der Waals surface area contributed by atoms with Gasteiger partial charge in [-0.1, -0.05) is 12.1 Å². The minimum absolute atomic E-state index is 0.0788. The van der Waals surface area contributed by atoms with Crippen LogP contribution in [0.25, 0.3) is 11.0 Å². The molecule has 1 atom stereocenters. The zero-order valence-corrected chi connectivity index (χ0v) is 16.9. The number of hydrogen-bond acceptors (Lipinski definition) is 6. The van der Waals surface area contributed by atoms with Gasteiger partial charge < -0.3 is 23.5 Å². The van der Waals surface area contributed by atoms with Crippen molar-refractivity contribution < 1.29 is 23.4 Å². The fourth-order valence-electron chi connectivity index (χ4n) is 3.84. The maximum absolute atomic E-state index is 12.7. The Morgan fingerprint density at radius 3 is 2.77 bits per heavy atom. The van der Waals surface area contributed by atoms with E-state index >= 15 is 0 Å². The number of nitrogens with zero attached hydrogens (tertiary/aromatic N) is 1. The number of ether oxygens (including phenoxy) is 3. The maximum atomic E-state index is 12.7. The van der Waals surface area contributed by atoms with E-state index in [4.69, 9.17) is 18.6 Å². The van der Waals surface area contributed by atoms with Crippen molar-refractivity contribution in [3.05, 3.63) is 64.5 Å². The van der Waals surface area contributed by atoms with Crippen LogP contribution in [-0.4, -0.2) is 44.7 Å². The lowest BCUT2D eigenvalue weighted by Crippen LogP contribution is -2.32. The topological polar surface area (TPSA) is 78.2 Å². The van der Waals surface area contributed by atoms with Crippen LogP contribution in [-0.2, 0) is 4.79 Å². The van der Waals surface area contributed by atoms with E-state index in [0.717, 1.165) is 17.4 Å². The first-order valence-electron chi connectivity index (χ1n) is 9.74. The highest BCUT2D eigenvalue weighted by Gasteiger charge is 2.30. The molecule has 0 spiro atoms. The minimum atomic E-state index is -0.424. The van der Waals surface area contributed by atoms with E-state index in [9.17, 15) is 9.59 Å². The average Bonchev–Trinajstić information content (AvgIpc) is 3.26. The predicted molar refractivity (Wildman–Crippen MR) is 111 cm³/mol. The van der Waals surface area contributed by atoms with Gasteiger partial charge in [-0.2, -0.15) is 0 Å². The fourth-order valence-corrected chi connectivity index (χ4v) is 3.84. The Kier molecular flexibility index (Phi) is 5.61. The summed E-state index contributed by atoms with van der Waals surface area (Å²) in [6.45, 7) is 1.17. The van der Waals surface area contributed by atoms with Crippen molar-refractivity contribution in [3.8, 4) is 17.2 Å². The summed E-state index contributed by atoms with van der Waals surface area (Å²) in [5.74, 6) is 1.97. The second-order valence-electron chi connectivity index (χ2n) is 7.15. The number of methoxy groups -OCH3 is 2. The summed E-state index contributed by atoms with van der Waals surface area (Å²) >= 11 is 0. The molecular weight excluding hydrogens is 386 g/mol. The van der Waals surface area contributed by atoms with Crippen LogP contribution < -0.4 is 19.8 Å². The number of amides is 1. The van der Waals surface area contributed by atoms with Crippen molar-refractivity contribution in [2.24, 2.45) is 0 Å². The van der Waals surface area contributed by atoms with E-state index < -0.39 is 5.63 Å². The Balaban J connectivity index is 1.40. The third-order valence-corrected chi connectivity index (χ3v) is 5.37. The molecule has 1 amide bonds. The van der Waals surface area contributed by atoms with Gasteiger partial charge in [-0.05, 0) is 30.7 Å². The second kappa shape index (κ2) is 8.49. The lowest BCUT2D eigenvalue weighted by Gasteiger charge is -2.19. The Hall–Kier alpha value is -3.48. The van der Waals surface area contributed by atoms with Crippen molar-refractivity contribution in [1.82, 2.24) is 4.90 Å². The standard InChI is InChI=1S/C23H23NO6/c1-27-19-5-3-4-18(23(19)28-2)16-10-11-24(13-16)21(25)14-29-17-8-6-15-7-9-22(26)30-20(15)12-17/h3-9,12,16H,10-11,13-14H2,1-2H3. The molecule has 1 saturated heterocycles. The minimum Gasteiger partial charge on any atom is -0.493 e. The number of rotatable bonds is 6. The SMILES string of the molecule is COc1cccc(C2CCN(C(=O)COc3ccc4ccc(=O)oc4c3)C2)c1OC. The highest BCUT2D eigenvalue weighted by Crippen LogP contribution is 2.39. The summed E-state index contributed by atoms with van der Waals surface area (Å²) in [4.78, 5) is 25.8. The number of carbonyl (C=O) groups is 1. The maximum Gasteiger partial charge on any atom is 0.336 e. The lowest BCUT2D eigenvalue weighted by molar-refractivity contribution is -0.132. The average molecular weight is 409 g/mol. The molecule has 2 heterocycles.